The van der Waals surface area contributed by atoms with Crippen molar-refractivity contribution in [3.05, 3.63) is 24.3 Å². The number of piperazine rings is 1. The molecular weight excluding hydrogens is 310 g/mol. The monoisotopic (exact) mass is 335 g/mol. The molecule has 0 saturated carbocycles. The van der Waals surface area contributed by atoms with Gasteiger partial charge in [-0.2, -0.15) is 0 Å². The second-order valence-corrected chi connectivity index (χ2v) is 5.58. The lowest BCUT2D eigenvalue weighted by molar-refractivity contribution is -0.132. The molecule has 1 fully saturated rings. The van der Waals surface area contributed by atoms with Crippen molar-refractivity contribution in [3.8, 4) is 5.75 Å². The lowest BCUT2D eigenvalue weighted by Crippen LogP contribution is -2.48. The Morgan fingerprint density at radius 1 is 1.12 bits per heavy atom. The minimum absolute atomic E-state index is 0.00772. The van der Waals surface area contributed by atoms with Gasteiger partial charge in [-0.3, -0.25) is 4.79 Å². The molecule has 1 N–H and O–H groups in total. The van der Waals surface area contributed by atoms with Gasteiger partial charge in [-0.05, 0) is 26.0 Å². The summed E-state index contributed by atoms with van der Waals surface area (Å²) in [7, 11) is 0. The normalized spacial score (nSPS) is 14.4. The number of hydrogen-bond donors (Lipinski definition) is 1. The molecule has 0 spiro atoms. The Morgan fingerprint density at radius 2 is 1.75 bits per heavy atom. The third-order valence-corrected chi connectivity index (χ3v) is 4.22. The number of nitrogens with zero attached hydrogens (tertiary/aromatic N) is 3. The number of carboxylic acid groups (broad SMARTS) is 1. The molecule has 1 aliphatic rings. The molecule has 1 aliphatic heterocycles. The molecule has 0 bridgehead atoms. The van der Waals surface area contributed by atoms with Crippen LogP contribution in [0.5, 0.6) is 5.75 Å². The van der Waals surface area contributed by atoms with E-state index in [0.717, 1.165) is 5.69 Å². The fourth-order valence-corrected chi connectivity index (χ4v) is 2.79. The summed E-state index contributed by atoms with van der Waals surface area (Å²) < 4.78 is 5.75. The van der Waals surface area contributed by atoms with Crippen molar-refractivity contribution in [2.75, 3.05) is 50.8 Å². The van der Waals surface area contributed by atoms with Crippen molar-refractivity contribution in [1.29, 1.82) is 0 Å². The zero-order valence-corrected chi connectivity index (χ0v) is 14.3. The number of ether oxygens (including phenoxy) is 1. The minimum Gasteiger partial charge on any atom is -0.482 e. The smallest absolute Gasteiger partial charge is 0.407 e. The summed E-state index contributed by atoms with van der Waals surface area (Å²) in [6, 6.07) is 7.56. The van der Waals surface area contributed by atoms with Gasteiger partial charge in [0, 0.05) is 39.3 Å². The maximum absolute atomic E-state index is 12.1. The van der Waals surface area contributed by atoms with Gasteiger partial charge in [0.1, 0.15) is 5.75 Å². The first-order chi connectivity index (χ1) is 11.6. The second-order valence-electron chi connectivity index (χ2n) is 5.58. The van der Waals surface area contributed by atoms with E-state index < -0.39 is 6.09 Å². The Kier molecular flexibility index (Phi) is 6.28. The lowest BCUT2D eigenvalue weighted by atomic mass is 10.2. The molecule has 0 unspecified atom stereocenters. The van der Waals surface area contributed by atoms with Gasteiger partial charge in [0.25, 0.3) is 5.91 Å². The van der Waals surface area contributed by atoms with Gasteiger partial charge < -0.3 is 24.5 Å². The number of likely N-dealkylation sites (N-methyl/N-ethyl adjacent to an activating group) is 1. The maximum atomic E-state index is 12.1. The van der Waals surface area contributed by atoms with Crippen LogP contribution >= 0.6 is 0 Å². The van der Waals surface area contributed by atoms with E-state index in [0.29, 0.717) is 45.0 Å². The quantitative estimate of drug-likeness (QED) is 0.857. The zero-order chi connectivity index (χ0) is 17.5. The van der Waals surface area contributed by atoms with Crippen LogP contribution in [0.1, 0.15) is 13.8 Å². The molecule has 0 aromatic heterocycles. The molecule has 1 aromatic rings. The van der Waals surface area contributed by atoms with Crippen molar-refractivity contribution in [3.63, 3.8) is 0 Å². The van der Waals surface area contributed by atoms with Gasteiger partial charge in [0.2, 0.25) is 0 Å². The van der Waals surface area contributed by atoms with Crippen LogP contribution in [-0.4, -0.2) is 72.8 Å². The molecule has 24 heavy (non-hydrogen) atoms. The third kappa shape index (κ3) is 4.31. The van der Waals surface area contributed by atoms with E-state index in [4.69, 9.17) is 9.84 Å². The predicted molar refractivity (Wildman–Crippen MR) is 91.7 cm³/mol. The topological polar surface area (TPSA) is 73.3 Å². The molecule has 0 aliphatic carbocycles. The average molecular weight is 335 g/mol. The predicted octanol–water partition coefficient (Wildman–Crippen LogP) is 1.73. The highest BCUT2D eigenvalue weighted by atomic mass is 16.5. The number of para-hydroxylation sites is 2. The fraction of sp³-hybridized carbons (Fsp3) is 0.529. The summed E-state index contributed by atoms with van der Waals surface area (Å²) in [4.78, 5) is 28.3. The Bertz CT molecular complexity index is 567. The Morgan fingerprint density at radius 3 is 2.33 bits per heavy atom. The van der Waals surface area contributed by atoms with Crippen LogP contribution in [0.25, 0.3) is 0 Å². The lowest BCUT2D eigenvalue weighted by Gasteiger charge is -2.35. The van der Waals surface area contributed by atoms with Gasteiger partial charge in [0.05, 0.1) is 5.69 Å². The Labute approximate surface area is 142 Å². The van der Waals surface area contributed by atoms with Gasteiger partial charge >= 0.3 is 6.09 Å². The van der Waals surface area contributed by atoms with Crippen LogP contribution < -0.4 is 9.64 Å². The van der Waals surface area contributed by atoms with E-state index in [9.17, 15) is 9.59 Å². The summed E-state index contributed by atoms with van der Waals surface area (Å²) in [5.74, 6) is 0.618. The summed E-state index contributed by atoms with van der Waals surface area (Å²) in [5.41, 5.74) is 0.898. The molecule has 0 radical (unpaired) electrons. The second kappa shape index (κ2) is 8.42. The first-order valence-electron chi connectivity index (χ1n) is 8.29. The third-order valence-electron chi connectivity index (χ3n) is 4.22. The van der Waals surface area contributed by atoms with Crippen LogP contribution in [0, 0.1) is 0 Å². The largest absolute Gasteiger partial charge is 0.482 e. The number of amides is 2. The van der Waals surface area contributed by atoms with Crippen LogP contribution in [0.15, 0.2) is 24.3 Å². The number of carbonyl (C=O) groups excluding carboxylic acids is 1. The van der Waals surface area contributed by atoms with E-state index in [2.05, 4.69) is 4.90 Å². The maximum Gasteiger partial charge on any atom is 0.407 e. The standard InChI is InChI=1S/C17H25N3O4/c1-3-18(4-2)16(21)13-24-15-8-6-5-7-14(15)19-9-11-20(12-10-19)17(22)23/h5-8H,3-4,9-13H2,1-2H3,(H,22,23). The van der Waals surface area contributed by atoms with Crippen LogP contribution in [0.4, 0.5) is 10.5 Å². The first kappa shape index (κ1) is 17.9. The number of carbonyl (C=O) groups is 2. The van der Waals surface area contributed by atoms with E-state index in [1.54, 1.807) is 4.90 Å². The molecule has 2 rings (SSSR count). The molecule has 0 atom stereocenters. The molecule has 1 aromatic carbocycles. The van der Waals surface area contributed by atoms with Crippen LogP contribution in [0.3, 0.4) is 0 Å². The van der Waals surface area contributed by atoms with E-state index in [1.807, 2.05) is 38.1 Å². The molecule has 132 valence electrons. The summed E-state index contributed by atoms with van der Waals surface area (Å²) in [5, 5.41) is 9.03. The summed E-state index contributed by atoms with van der Waals surface area (Å²) >= 11 is 0. The molecule has 2 amide bonds. The fourth-order valence-electron chi connectivity index (χ4n) is 2.79. The van der Waals surface area contributed by atoms with E-state index in [1.165, 1.54) is 4.90 Å². The van der Waals surface area contributed by atoms with Crippen LogP contribution in [0.2, 0.25) is 0 Å². The molecule has 7 nitrogen and oxygen atoms in total. The summed E-state index contributed by atoms with van der Waals surface area (Å²) in [6.07, 6.45) is -0.885. The molecule has 7 heteroatoms. The SMILES string of the molecule is CCN(CC)C(=O)COc1ccccc1N1CCN(C(=O)O)CC1. The van der Waals surface area contributed by atoms with Crippen molar-refractivity contribution < 1.29 is 19.4 Å². The highest BCUT2D eigenvalue weighted by molar-refractivity contribution is 5.78. The number of rotatable bonds is 6. The summed E-state index contributed by atoms with van der Waals surface area (Å²) in [6.45, 7) is 7.36. The Balaban J connectivity index is 2.00. The molecular formula is C17H25N3O4. The highest BCUT2D eigenvalue weighted by Gasteiger charge is 2.22. The van der Waals surface area contributed by atoms with Gasteiger partial charge in [-0.25, -0.2) is 4.79 Å². The number of benzene rings is 1. The van der Waals surface area contributed by atoms with E-state index in [-0.39, 0.29) is 12.5 Å². The van der Waals surface area contributed by atoms with Crippen molar-refractivity contribution >= 4 is 17.7 Å². The van der Waals surface area contributed by atoms with E-state index >= 15 is 0 Å². The van der Waals surface area contributed by atoms with Crippen LogP contribution in [-0.2, 0) is 4.79 Å². The van der Waals surface area contributed by atoms with Gasteiger partial charge in [-0.1, -0.05) is 12.1 Å². The van der Waals surface area contributed by atoms with Crippen molar-refractivity contribution in [1.82, 2.24) is 9.80 Å². The zero-order valence-electron chi connectivity index (χ0n) is 14.3. The highest BCUT2D eigenvalue weighted by Crippen LogP contribution is 2.28. The molecule has 1 heterocycles. The van der Waals surface area contributed by atoms with Crippen molar-refractivity contribution in [2.45, 2.75) is 13.8 Å². The Hall–Kier alpha value is -2.44. The van der Waals surface area contributed by atoms with Crippen molar-refractivity contribution in [2.24, 2.45) is 0 Å². The average Bonchev–Trinajstić information content (AvgIpc) is 2.61. The van der Waals surface area contributed by atoms with Gasteiger partial charge in [0.15, 0.2) is 6.61 Å². The van der Waals surface area contributed by atoms with Gasteiger partial charge in [-0.15, -0.1) is 0 Å². The molecule has 1 saturated heterocycles. The minimum atomic E-state index is -0.885. The first-order valence-corrected chi connectivity index (χ1v) is 8.29. The number of hydrogen-bond acceptors (Lipinski definition) is 4. The number of anilines is 1.